The average Bonchev–Trinajstić information content (AvgIpc) is 2.72. The minimum Gasteiger partial charge on any atom is -0.271 e. The maximum absolute atomic E-state index is 12.0. The summed E-state index contributed by atoms with van der Waals surface area (Å²) in [6.07, 6.45) is -0.259. The second-order valence-corrected chi connectivity index (χ2v) is 5.10. The van der Waals surface area contributed by atoms with Gasteiger partial charge in [0.2, 0.25) is 6.29 Å². The standard InChI is InChI=1S/C11H10BrN5O/c1-16(2)11-15-14-10-13-9(18)8-6(12)4-3-5-7(8)17(10)11/h3-5,11H,1-2H3. The molecule has 6 nitrogen and oxygen atoms in total. The highest BCUT2D eigenvalue weighted by Crippen LogP contribution is 2.32. The van der Waals surface area contributed by atoms with Gasteiger partial charge in [-0.25, -0.2) is 0 Å². The van der Waals surface area contributed by atoms with Crippen molar-refractivity contribution in [1.29, 1.82) is 0 Å². The van der Waals surface area contributed by atoms with Crippen LogP contribution in [0.3, 0.4) is 0 Å². The van der Waals surface area contributed by atoms with Gasteiger partial charge in [0.25, 0.3) is 11.5 Å². The number of aromatic nitrogens is 2. The molecule has 0 fully saturated rings. The normalized spacial score (nSPS) is 17.7. The van der Waals surface area contributed by atoms with E-state index in [9.17, 15) is 4.79 Å². The highest BCUT2D eigenvalue weighted by Gasteiger charge is 2.25. The third kappa shape index (κ3) is 1.51. The Morgan fingerprint density at radius 2 is 2.17 bits per heavy atom. The second-order valence-electron chi connectivity index (χ2n) is 4.25. The van der Waals surface area contributed by atoms with Gasteiger partial charge in [-0.3, -0.25) is 14.3 Å². The summed E-state index contributed by atoms with van der Waals surface area (Å²) in [6, 6.07) is 5.58. The van der Waals surface area contributed by atoms with Gasteiger partial charge in [0.05, 0.1) is 10.9 Å². The SMILES string of the molecule is CN(C)C1N=Nc2nc(=O)c3c(Br)cccc3n21. The molecule has 7 heteroatoms. The van der Waals surface area contributed by atoms with Crippen molar-refractivity contribution in [3.63, 3.8) is 0 Å². The lowest BCUT2D eigenvalue weighted by atomic mass is 10.2. The fourth-order valence-corrected chi connectivity index (χ4v) is 2.55. The molecule has 1 aliphatic heterocycles. The highest BCUT2D eigenvalue weighted by atomic mass is 79.9. The van der Waals surface area contributed by atoms with Crippen LogP contribution in [0.4, 0.5) is 5.95 Å². The molecule has 0 radical (unpaired) electrons. The van der Waals surface area contributed by atoms with E-state index in [1.54, 1.807) is 0 Å². The molecule has 18 heavy (non-hydrogen) atoms. The lowest BCUT2D eigenvalue weighted by molar-refractivity contribution is 0.238. The number of rotatable bonds is 1. The quantitative estimate of drug-likeness (QED) is 0.812. The molecule has 0 spiro atoms. The van der Waals surface area contributed by atoms with Crippen molar-refractivity contribution in [3.8, 4) is 0 Å². The van der Waals surface area contributed by atoms with Crippen LogP contribution in [0.1, 0.15) is 6.29 Å². The van der Waals surface area contributed by atoms with E-state index in [1.165, 1.54) is 0 Å². The first-order valence-electron chi connectivity index (χ1n) is 5.37. The number of halogens is 1. The van der Waals surface area contributed by atoms with Crippen LogP contribution in [0.2, 0.25) is 0 Å². The Morgan fingerprint density at radius 1 is 1.39 bits per heavy atom. The molecule has 0 saturated carbocycles. The molecule has 3 rings (SSSR count). The van der Waals surface area contributed by atoms with Crippen LogP contribution >= 0.6 is 15.9 Å². The van der Waals surface area contributed by atoms with Crippen LogP contribution < -0.4 is 5.56 Å². The lowest BCUT2D eigenvalue weighted by Gasteiger charge is -2.20. The van der Waals surface area contributed by atoms with E-state index in [-0.39, 0.29) is 11.8 Å². The van der Waals surface area contributed by atoms with E-state index in [2.05, 4.69) is 31.1 Å². The number of nitrogens with zero attached hydrogens (tertiary/aromatic N) is 5. The Labute approximate surface area is 111 Å². The zero-order valence-electron chi connectivity index (χ0n) is 9.83. The van der Waals surface area contributed by atoms with Gasteiger partial charge in [0, 0.05) is 4.47 Å². The Kier molecular flexibility index (Phi) is 2.53. The van der Waals surface area contributed by atoms with Gasteiger partial charge in [-0.05, 0) is 42.2 Å². The number of hydrogen-bond donors (Lipinski definition) is 0. The smallest absolute Gasteiger partial charge is 0.271 e. The molecule has 92 valence electrons. The van der Waals surface area contributed by atoms with Gasteiger partial charge in [-0.2, -0.15) is 4.98 Å². The summed E-state index contributed by atoms with van der Waals surface area (Å²) in [5.74, 6) is 0.351. The summed E-state index contributed by atoms with van der Waals surface area (Å²) in [4.78, 5) is 17.8. The predicted molar refractivity (Wildman–Crippen MR) is 70.9 cm³/mol. The van der Waals surface area contributed by atoms with Crippen LogP contribution in [0, 0.1) is 0 Å². The van der Waals surface area contributed by atoms with Crippen molar-refractivity contribution in [2.45, 2.75) is 6.29 Å². The maximum atomic E-state index is 12.0. The second kappa shape index (κ2) is 3.96. The molecule has 1 aromatic heterocycles. The van der Waals surface area contributed by atoms with Crippen LogP contribution in [-0.2, 0) is 0 Å². The van der Waals surface area contributed by atoms with Crippen LogP contribution in [-0.4, -0.2) is 28.5 Å². The summed E-state index contributed by atoms with van der Waals surface area (Å²) in [6.45, 7) is 0. The fourth-order valence-electron chi connectivity index (χ4n) is 2.02. The average molecular weight is 308 g/mol. The summed E-state index contributed by atoms with van der Waals surface area (Å²) in [5, 5.41) is 8.64. The first kappa shape index (κ1) is 11.5. The summed E-state index contributed by atoms with van der Waals surface area (Å²) >= 11 is 3.38. The van der Waals surface area contributed by atoms with Crippen LogP contribution in [0.25, 0.3) is 10.9 Å². The molecule has 1 unspecified atom stereocenters. The highest BCUT2D eigenvalue weighted by molar-refractivity contribution is 9.10. The topological polar surface area (TPSA) is 62.9 Å². The van der Waals surface area contributed by atoms with Crippen LogP contribution in [0.5, 0.6) is 0 Å². The van der Waals surface area contributed by atoms with Crippen molar-refractivity contribution in [2.75, 3.05) is 14.1 Å². The van der Waals surface area contributed by atoms with Crippen molar-refractivity contribution in [3.05, 3.63) is 33.0 Å². The Bertz CT molecular complexity index is 721. The Balaban J connectivity index is 2.44. The van der Waals surface area contributed by atoms with Crippen LogP contribution in [0.15, 0.2) is 37.7 Å². The largest absolute Gasteiger partial charge is 0.283 e. The molecule has 0 bridgehead atoms. The first-order chi connectivity index (χ1) is 8.59. The molecular weight excluding hydrogens is 298 g/mol. The van der Waals surface area contributed by atoms with Gasteiger partial charge < -0.3 is 0 Å². The monoisotopic (exact) mass is 307 g/mol. The molecule has 0 amide bonds. The van der Waals surface area contributed by atoms with E-state index in [0.29, 0.717) is 11.3 Å². The summed E-state index contributed by atoms with van der Waals surface area (Å²) in [5.41, 5.74) is 0.491. The van der Waals surface area contributed by atoms with E-state index in [1.807, 2.05) is 41.8 Å². The molecule has 0 aliphatic carbocycles. The third-order valence-electron chi connectivity index (χ3n) is 2.83. The number of fused-ring (bicyclic) bond motifs is 3. The van der Waals surface area contributed by atoms with Gasteiger partial charge >= 0.3 is 0 Å². The molecule has 2 heterocycles. The molecular formula is C11H10BrN5O. The molecule has 0 N–H and O–H groups in total. The van der Waals surface area contributed by atoms with E-state index >= 15 is 0 Å². The zero-order chi connectivity index (χ0) is 12.9. The third-order valence-corrected chi connectivity index (χ3v) is 3.49. The number of hydrogen-bond acceptors (Lipinski definition) is 5. The number of azo groups is 1. The predicted octanol–water partition coefficient (Wildman–Crippen LogP) is 2.27. The fraction of sp³-hybridized carbons (Fsp3) is 0.273. The van der Waals surface area contributed by atoms with Gasteiger partial charge in [-0.1, -0.05) is 6.07 Å². The number of benzene rings is 1. The molecule has 0 saturated heterocycles. The molecule has 1 aromatic carbocycles. The minimum absolute atomic E-state index is 0.259. The Morgan fingerprint density at radius 3 is 2.89 bits per heavy atom. The van der Waals surface area contributed by atoms with E-state index in [0.717, 1.165) is 9.99 Å². The molecule has 1 atom stereocenters. The van der Waals surface area contributed by atoms with Crippen molar-refractivity contribution in [1.82, 2.24) is 14.5 Å². The first-order valence-corrected chi connectivity index (χ1v) is 6.17. The van der Waals surface area contributed by atoms with Crippen molar-refractivity contribution >= 4 is 32.8 Å². The Hall–Kier alpha value is -1.60. The maximum Gasteiger partial charge on any atom is 0.283 e. The minimum atomic E-state index is -0.290. The van der Waals surface area contributed by atoms with Gasteiger partial charge in [0.15, 0.2) is 0 Å². The summed E-state index contributed by atoms with van der Waals surface area (Å²) < 4.78 is 2.58. The lowest BCUT2D eigenvalue weighted by Crippen LogP contribution is -2.24. The molecule has 2 aromatic rings. The van der Waals surface area contributed by atoms with Crippen molar-refractivity contribution in [2.24, 2.45) is 10.2 Å². The van der Waals surface area contributed by atoms with E-state index < -0.39 is 0 Å². The van der Waals surface area contributed by atoms with E-state index in [4.69, 9.17) is 0 Å². The summed E-state index contributed by atoms with van der Waals surface area (Å²) in [7, 11) is 3.81. The zero-order valence-corrected chi connectivity index (χ0v) is 11.4. The van der Waals surface area contributed by atoms with Gasteiger partial charge in [0.1, 0.15) is 0 Å². The molecule has 1 aliphatic rings. The van der Waals surface area contributed by atoms with Crippen molar-refractivity contribution < 1.29 is 0 Å². The van der Waals surface area contributed by atoms with Gasteiger partial charge in [-0.15, -0.1) is 10.2 Å².